The van der Waals surface area contributed by atoms with Crippen molar-refractivity contribution in [3.63, 3.8) is 0 Å². The van der Waals surface area contributed by atoms with Gasteiger partial charge in [-0.15, -0.1) is 0 Å². The molecule has 0 saturated carbocycles. The number of para-hydroxylation sites is 1. The van der Waals surface area contributed by atoms with E-state index in [9.17, 15) is 4.79 Å². The van der Waals surface area contributed by atoms with Gasteiger partial charge in [0.25, 0.3) is 5.91 Å². The van der Waals surface area contributed by atoms with Crippen LogP contribution in [0, 0.1) is 0 Å². The lowest BCUT2D eigenvalue weighted by Gasteiger charge is -2.29. The van der Waals surface area contributed by atoms with Crippen molar-refractivity contribution in [1.82, 2.24) is 9.47 Å². The highest BCUT2D eigenvalue weighted by atomic mass is 16.5. The summed E-state index contributed by atoms with van der Waals surface area (Å²) in [5.41, 5.74) is 6.60. The third kappa shape index (κ3) is 2.90. The largest absolute Gasteiger partial charge is 0.376 e. The molecule has 0 bridgehead atoms. The number of amides is 1. The quantitative estimate of drug-likeness (QED) is 0.431. The van der Waals surface area contributed by atoms with Crippen molar-refractivity contribution in [2.45, 2.75) is 25.0 Å². The summed E-state index contributed by atoms with van der Waals surface area (Å²) >= 11 is 0. The van der Waals surface area contributed by atoms with Gasteiger partial charge in [0.15, 0.2) is 0 Å². The molecular formula is C28H26N2O2. The van der Waals surface area contributed by atoms with Crippen molar-refractivity contribution in [2.24, 2.45) is 7.05 Å². The van der Waals surface area contributed by atoms with Crippen LogP contribution >= 0.6 is 0 Å². The lowest BCUT2D eigenvalue weighted by atomic mass is 9.93. The smallest absolute Gasteiger partial charge is 0.255 e. The Morgan fingerprint density at radius 1 is 0.938 bits per heavy atom. The van der Waals surface area contributed by atoms with Gasteiger partial charge in [0, 0.05) is 42.2 Å². The Morgan fingerprint density at radius 3 is 2.50 bits per heavy atom. The second-order valence-corrected chi connectivity index (χ2v) is 8.79. The van der Waals surface area contributed by atoms with Gasteiger partial charge in [-0.2, -0.15) is 0 Å². The summed E-state index contributed by atoms with van der Waals surface area (Å²) in [6.07, 6.45) is 2.17. The summed E-state index contributed by atoms with van der Waals surface area (Å²) in [5.74, 6) is 0.105. The third-order valence-corrected chi connectivity index (χ3v) is 6.95. The fourth-order valence-corrected chi connectivity index (χ4v) is 5.52. The minimum atomic E-state index is -0.135. The molecule has 2 aliphatic rings. The summed E-state index contributed by atoms with van der Waals surface area (Å²) < 4.78 is 8.23. The molecular weight excluding hydrogens is 396 g/mol. The number of hydrogen-bond acceptors (Lipinski definition) is 2. The number of aromatic nitrogens is 1. The van der Waals surface area contributed by atoms with Gasteiger partial charge in [-0.25, -0.2) is 0 Å². The molecule has 4 aromatic rings. The number of benzene rings is 3. The molecule has 6 rings (SSSR count). The Kier molecular flexibility index (Phi) is 4.62. The Balaban J connectivity index is 1.62. The normalized spacial score (nSPS) is 20.3. The molecule has 4 nitrogen and oxygen atoms in total. The van der Waals surface area contributed by atoms with Crippen LogP contribution in [0.4, 0.5) is 0 Å². The van der Waals surface area contributed by atoms with Crippen LogP contribution < -0.4 is 0 Å². The lowest BCUT2D eigenvalue weighted by Crippen LogP contribution is -2.36. The molecule has 3 aromatic carbocycles. The van der Waals surface area contributed by atoms with Crippen molar-refractivity contribution >= 4 is 16.8 Å². The number of carbonyl (C=O) groups is 1. The van der Waals surface area contributed by atoms with E-state index in [1.165, 1.54) is 22.2 Å². The molecule has 1 amide bonds. The zero-order valence-corrected chi connectivity index (χ0v) is 18.2. The monoisotopic (exact) mass is 422 g/mol. The predicted molar refractivity (Wildman–Crippen MR) is 127 cm³/mol. The van der Waals surface area contributed by atoms with Gasteiger partial charge in [-0.1, -0.05) is 66.7 Å². The van der Waals surface area contributed by atoms with E-state index < -0.39 is 0 Å². The van der Waals surface area contributed by atoms with Crippen LogP contribution in [0.1, 0.15) is 40.4 Å². The Hall–Kier alpha value is -3.37. The topological polar surface area (TPSA) is 34.5 Å². The average Bonchev–Trinajstić information content (AvgIpc) is 3.52. The second-order valence-electron chi connectivity index (χ2n) is 8.79. The Morgan fingerprint density at radius 2 is 1.69 bits per heavy atom. The molecule has 3 heterocycles. The minimum Gasteiger partial charge on any atom is -0.376 e. The van der Waals surface area contributed by atoms with Crippen LogP contribution in [-0.2, 0) is 11.8 Å². The van der Waals surface area contributed by atoms with Crippen molar-refractivity contribution < 1.29 is 9.53 Å². The lowest BCUT2D eigenvalue weighted by molar-refractivity contribution is 0.0501. The molecule has 2 aliphatic heterocycles. The molecule has 1 aromatic heterocycles. The average molecular weight is 423 g/mol. The Labute approximate surface area is 188 Å². The number of aryl methyl sites for hydroxylation is 1. The van der Waals surface area contributed by atoms with Gasteiger partial charge >= 0.3 is 0 Å². The van der Waals surface area contributed by atoms with E-state index in [1.807, 2.05) is 24.3 Å². The highest BCUT2D eigenvalue weighted by Crippen LogP contribution is 2.46. The summed E-state index contributed by atoms with van der Waals surface area (Å²) in [7, 11) is 2.13. The van der Waals surface area contributed by atoms with Crippen LogP contribution in [0.5, 0.6) is 0 Å². The van der Waals surface area contributed by atoms with Crippen molar-refractivity contribution in [3.8, 4) is 11.3 Å². The molecule has 0 aliphatic carbocycles. The molecule has 1 saturated heterocycles. The molecule has 4 heteroatoms. The predicted octanol–water partition coefficient (Wildman–Crippen LogP) is 5.57. The number of hydrogen-bond donors (Lipinski definition) is 0. The van der Waals surface area contributed by atoms with E-state index in [2.05, 4.69) is 71.1 Å². The molecule has 1 fully saturated rings. The standard InChI is InChI=1S/C28H26N2O2/c1-29-24-16-8-7-15-23(24)25(26(29)19-10-3-2-4-11-19)27-21-13-5-6-14-22(21)28(31)30(27)18-20-12-9-17-32-20/h2-8,10-11,13-16,20,27H,9,12,17-18H2,1H3/t20-,27+/m1/s1. The first-order valence-electron chi connectivity index (χ1n) is 11.4. The summed E-state index contributed by atoms with van der Waals surface area (Å²) in [6.45, 7) is 1.41. The number of nitrogens with zero attached hydrogens (tertiary/aromatic N) is 2. The van der Waals surface area contributed by atoms with Gasteiger partial charge in [0.2, 0.25) is 0 Å². The molecule has 2 atom stereocenters. The van der Waals surface area contributed by atoms with Crippen LogP contribution in [-0.4, -0.2) is 34.6 Å². The first kappa shape index (κ1) is 19.3. The number of fused-ring (bicyclic) bond motifs is 2. The first-order chi connectivity index (χ1) is 15.7. The summed E-state index contributed by atoms with van der Waals surface area (Å²) in [6, 6.07) is 27.0. The van der Waals surface area contributed by atoms with Gasteiger partial charge in [-0.05, 0) is 36.1 Å². The minimum absolute atomic E-state index is 0.103. The third-order valence-electron chi connectivity index (χ3n) is 6.95. The maximum atomic E-state index is 13.6. The second kappa shape index (κ2) is 7.64. The van der Waals surface area contributed by atoms with Crippen molar-refractivity contribution in [1.29, 1.82) is 0 Å². The Bertz CT molecular complexity index is 1300. The van der Waals surface area contributed by atoms with Crippen molar-refractivity contribution in [2.75, 3.05) is 13.2 Å². The van der Waals surface area contributed by atoms with Gasteiger partial charge in [0.1, 0.15) is 0 Å². The van der Waals surface area contributed by atoms with Crippen LogP contribution in [0.15, 0.2) is 78.9 Å². The molecule has 0 unspecified atom stereocenters. The van der Waals surface area contributed by atoms with Crippen molar-refractivity contribution in [3.05, 3.63) is 95.6 Å². The van der Waals surface area contributed by atoms with E-state index in [0.717, 1.165) is 36.1 Å². The molecule has 0 spiro atoms. The van der Waals surface area contributed by atoms with Crippen LogP contribution in [0.2, 0.25) is 0 Å². The van der Waals surface area contributed by atoms with Gasteiger partial charge in [0.05, 0.1) is 17.8 Å². The molecule has 0 radical (unpaired) electrons. The fourth-order valence-electron chi connectivity index (χ4n) is 5.52. The number of rotatable bonds is 4. The SMILES string of the molecule is Cn1c(-c2ccccc2)c([C@@H]2c3ccccc3C(=O)N2C[C@H]2CCCO2)c2ccccc21. The maximum absolute atomic E-state index is 13.6. The highest BCUT2D eigenvalue weighted by Gasteiger charge is 2.41. The zero-order valence-electron chi connectivity index (χ0n) is 18.2. The van der Waals surface area contributed by atoms with E-state index in [1.54, 1.807) is 0 Å². The highest BCUT2D eigenvalue weighted by molar-refractivity contribution is 6.02. The van der Waals surface area contributed by atoms with Gasteiger partial charge < -0.3 is 14.2 Å². The van der Waals surface area contributed by atoms with Crippen LogP contribution in [0.3, 0.4) is 0 Å². The van der Waals surface area contributed by atoms with E-state index in [0.29, 0.717) is 6.54 Å². The molecule has 160 valence electrons. The fraction of sp³-hybridized carbons (Fsp3) is 0.250. The van der Waals surface area contributed by atoms with E-state index >= 15 is 0 Å². The number of ether oxygens (including phenoxy) is 1. The van der Waals surface area contributed by atoms with E-state index in [-0.39, 0.29) is 18.1 Å². The zero-order chi connectivity index (χ0) is 21.7. The maximum Gasteiger partial charge on any atom is 0.255 e. The van der Waals surface area contributed by atoms with E-state index in [4.69, 9.17) is 4.74 Å². The van der Waals surface area contributed by atoms with Gasteiger partial charge in [-0.3, -0.25) is 4.79 Å². The summed E-state index contributed by atoms with van der Waals surface area (Å²) in [5, 5.41) is 1.20. The first-order valence-corrected chi connectivity index (χ1v) is 11.4. The molecule has 32 heavy (non-hydrogen) atoms. The summed E-state index contributed by atoms with van der Waals surface area (Å²) in [4.78, 5) is 15.7. The number of carbonyl (C=O) groups excluding carboxylic acids is 1. The van der Waals surface area contributed by atoms with Crippen LogP contribution in [0.25, 0.3) is 22.2 Å². The molecule has 0 N–H and O–H groups in total.